The predicted molar refractivity (Wildman–Crippen MR) is 497 cm³/mol. The van der Waals surface area contributed by atoms with Gasteiger partial charge in [0.25, 0.3) is 11.8 Å². The highest BCUT2D eigenvalue weighted by Gasteiger charge is 2.37. The molecule has 6 rings (SSSR count). The minimum absolute atomic E-state index is 0.0147. The van der Waals surface area contributed by atoms with Gasteiger partial charge in [-0.15, -0.1) is 0 Å². The van der Waals surface area contributed by atoms with Crippen LogP contribution in [0.25, 0.3) is 0 Å². The maximum atomic E-state index is 15.7. The first-order valence-corrected chi connectivity index (χ1v) is 44.1. The molecule has 39 nitrogen and oxygen atoms in total. The van der Waals surface area contributed by atoms with Crippen LogP contribution in [0.2, 0.25) is 0 Å². The lowest BCUT2D eigenvalue weighted by Crippen LogP contribution is -2.57. The lowest BCUT2D eigenvalue weighted by Gasteiger charge is -2.32. The van der Waals surface area contributed by atoms with Gasteiger partial charge < -0.3 is 112 Å². The third-order valence-corrected chi connectivity index (χ3v) is 20.8. The van der Waals surface area contributed by atoms with Crippen molar-refractivity contribution in [1.82, 2.24) is 82.8 Å². The van der Waals surface area contributed by atoms with Gasteiger partial charge in [-0.2, -0.15) is 0 Å². The summed E-state index contributed by atoms with van der Waals surface area (Å²) in [6.45, 7) is -2.67. The van der Waals surface area contributed by atoms with Gasteiger partial charge in [0.2, 0.25) is 65.0 Å². The smallest absolute Gasteiger partial charge is 0.263 e. The molecule has 0 unspecified atom stereocenters. The van der Waals surface area contributed by atoms with Crippen molar-refractivity contribution in [1.29, 1.82) is 16.2 Å². The monoisotopic (exact) mass is 1810 g/mol. The molecule has 13 amide bonds. The summed E-state index contributed by atoms with van der Waals surface area (Å²) in [5, 5.41) is 49.4. The molecule has 131 heavy (non-hydrogen) atoms. The van der Waals surface area contributed by atoms with E-state index in [-0.39, 0.29) is 154 Å². The van der Waals surface area contributed by atoms with E-state index in [0.29, 0.717) is 72.0 Å². The number of amides is 13. The maximum Gasteiger partial charge on any atom is 0.263 e. The highest BCUT2D eigenvalue weighted by molar-refractivity contribution is 5.98. The molecule has 0 bridgehead atoms. The number of hydrogen-bond donors (Lipinski definition) is 20. The lowest BCUT2D eigenvalue weighted by molar-refractivity contribution is -0.146. The first-order chi connectivity index (χ1) is 63.1. The van der Waals surface area contributed by atoms with E-state index >= 15 is 33.6 Å². The van der Waals surface area contributed by atoms with Gasteiger partial charge in [-0.05, 0) is 149 Å². The van der Waals surface area contributed by atoms with Crippen LogP contribution in [-0.4, -0.2) is 239 Å². The van der Waals surface area contributed by atoms with Crippen molar-refractivity contribution < 1.29 is 62.3 Å². The molecule has 6 atom stereocenters. The van der Waals surface area contributed by atoms with Gasteiger partial charge in [0.05, 0.1) is 45.8 Å². The molecule has 0 fully saturated rings. The highest BCUT2D eigenvalue weighted by Crippen LogP contribution is 2.20. The molecule has 708 valence electrons. The first-order valence-electron chi connectivity index (χ1n) is 44.1. The van der Waals surface area contributed by atoms with Crippen molar-refractivity contribution in [3.8, 4) is 0 Å². The number of rotatable bonds is 59. The van der Waals surface area contributed by atoms with Crippen LogP contribution in [0.5, 0.6) is 0 Å². The van der Waals surface area contributed by atoms with Crippen LogP contribution in [0, 0.1) is 16.2 Å². The molecule has 0 radical (unpaired) electrons. The fraction of sp³-hybridized carbons (Fsp3) is 0.435. The molecule has 0 spiro atoms. The molecular weight excluding hydrogens is 1680 g/mol. The summed E-state index contributed by atoms with van der Waals surface area (Å²) >= 11 is 0. The summed E-state index contributed by atoms with van der Waals surface area (Å²) in [7, 11) is 0. The summed E-state index contributed by atoms with van der Waals surface area (Å²) in [6.07, 6.45) is 2.74. The molecule has 39 heteroatoms. The number of hydrogen-bond acceptors (Lipinski definition) is 20. The first kappa shape index (κ1) is 106. The molecule has 0 aliphatic rings. The Morgan fingerprint density at radius 3 is 0.687 bits per heavy atom. The second-order valence-corrected chi connectivity index (χ2v) is 31.7. The zero-order valence-electron chi connectivity index (χ0n) is 74.7. The number of unbranched alkanes of at least 4 members (excludes halogenated alkanes) is 3. The minimum Gasteiger partial charge on any atom is -0.370 e. The molecule has 0 saturated carbocycles. The lowest BCUT2D eigenvalue weighted by atomic mass is 10.1. The number of nitrogens with two attached hydrogens (primary N) is 7. The number of carbonyl (C=O) groups excluding carboxylic acids is 13. The van der Waals surface area contributed by atoms with E-state index in [2.05, 4.69) is 53.3 Å². The molecule has 0 aliphatic heterocycles. The number of guanidine groups is 3. The van der Waals surface area contributed by atoms with Crippen LogP contribution in [0.15, 0.2) is 182 Å². The molecule has 0 heterocycles. The van der Waals surface area contributed by atoms with E-state index in [1.807, 2.05) is 0 Å². The van der Waals surface area contributed by atoms with E-state index in [9.17, 15) is 28.8 Å². The topological polar surface area (TPSA) is 615 Å². The standard InChI is InChI=1S/C92H132N26O13/c1-65(119)106-72(41-20-23-47-93)84(126)113(54-66-29-8-2-9-30-66)60-81(123)109-75(44-26-50-103-90(97)98)87(129)116(57-69-35-14-5-15-36-69)61-79(121)107-73(42-21-24-48-94)85(127)114(55-67-31-10-3-11-32-67)63-82(124)110-76(45-27-51-104-91(99)100)88(130)117(58-70-37-16-6-17-38-70)62-80(122)108-74(43-22-25-49-95)86(128)115(56-68-33-12-4-13-34-68)64-83(125)111-77(46-28-52-105-92(101)102)89(131)118(112-78(120)53-96)59-71-39-18-7-19-40-71/h2-19,29-40,72-77H,20-28,41-64,93-96H2,1H3,(H,106,119)(H,107,121)(H,108,122)(H,109,123)(H,110,124)(H,111,125)(H,112,120)(H4,97,98,103)(H4,99,100,104)(H4,101,102,105)/t72-,73-,74-,75-,76-,77-/m0/s1. The van der Waals surface area contributed by atoms with Gasteiger partial charge in [-0.3, -0.25) is 84.0 Å². The van der Waals surface area contributed by atoms with Gasteiger partial charge >= 0.3 is 0 Å². The van der Waals surface area contributed by atoms with Crippen molar-refractivity contribution in [2.45, 2.75) is 179 Å². The van der Waals surface area contributed by atoms with Crippen molar-refractivity contribution in [2.24, 2.45) is 40.1 Å². The Morgan fingerprint density at radius 1 is 0.275 bits per heavy atom. The van der Waals surface area contributed by atoms with E-state index < -0.39 is 152 Å². The Labute approximate surface area is 765 Å². The summed E-state index contributed by atoms with van der Waals surface area (Å²) in [6, 6.07) is 44.2. The van der Waals surface area contributed by atoms with E-state index in [1.54, 1.807) is 182 Å². The minimum atomic E-state index is -1.48. The molecular formula is C92H132N26O13. The second kappa shape index (κ2) is 59.2. The molecule has 0 aliphatic carbocycles. The van der Waals surface area contributed by atoms with Crippen molar-refractivity contribution in [3.05, 3.63) is 215 Å². The largest absolute Gasteiger partial charge is 0.370 e. The van der Waals surface area contributed by atoms with E-state index in [1.165, 1.54) is 31.4 Å². The zero-order chi connectivity index (χ0) is 95.2. The predicted octanol–water partition coefficient (Wildman–Crippen LogP) is 0.255. The summed E-state index contributed by atoms with van der Waals surface area (Å²) in [5.74, 6) is -10.7. The van der Waals surface area contributed by atoms with Crippen LogP contribution in [0.4, 0.5) is 0 Å². The average Bonchev–Trinajstić information content (AvgIpc) is 0.845. The Morgan fingerprint density at radius 2 is 0.481 bits per heavy atom. The van der Waals surface area contributed by atoms with Gasteiger partial charge in [0, 0.05) is 59.3 Å². The Balaban J connectivity index is 1.32. The van der Waals surface area contributed by atoms with Crippen LogP contribution in [-0.2, 0) is 102 Å². The quantitative estimate of drug-likeness (QED) is 0.0105. The summed E-state index contributed by atoms with van der Waals surface area (Å²) in [4.78, 5) is 198. The fourth-order valence-corrected chi connectivity index (χ4v) is 14.4. The van der Waals surface area contributed by atoms with Gasteiger partial charge in [-0.25, -0.2) is 5.01 Å². The van der Waals surface area contributed by atoms with Crippen LogP contribution in [0.1, 0.15) is 137 Å². The van der Waals surface area contributed by atoms with E-state index in [4.69, 9.17) is 56.4 Å². The zero-order valence-corrected chi connectivity index (χ0v) is 74.7. The maximum absolute atomic E-state index is 15.7. The number of benzene rings is 6. The molecule has 27 N–H and O–H groups in total. The summed E-state index contributed by atoms with van der Waals surface area (Å²) in [5.41, 5.74) is 46.5. The number of nitrogens with zero attached hydrogens (tertiary/aromatic N) is 6. The molecule has 0 aromatic heterocycles. The Bertz CT molecular complexity index is 4610. The van der Waals surface area contributed by atoms with Crippen LogP contribution in [0.3, 0.4) is 0 Å². The van der Waals surface area contributed by atoms with Gasteiger partial charge in [-0.1, -0.05) is 182 Å². The van der Waals surface area contributed by atoms with Crippen molar-refractivity contribution in [2.75, 3.05) is 78.5 Å². The third-order valence-electron chi connectivity index (χ3n) is 20.8. The SMILES string of the molecule is CC(=O)N[C@@H](CCCCN)C(=O)N(CC(=O)N[C@@H](CCCNC(=N)N)C(=O)N(CC(=O)N[C@@H](CCCCN)C(=O)N(CC(=O)N[C@@H](CCCNC(=N)N)C(=O)N(CC(=O)N[C@@H](CCCCN)C(=O)N(CC(=O)N[C@@H](CCCNC(=N)N)C(=O)N(Cc1ccccc1)NC(=O)CN)Cc1ccccc1)Cc1ccccc1)Cc1ccccc1)Cc1ccccc1)Cc1ccccc1. The normalized spacial score (nSPS) is 12.2. The van der Waals surface area contributed by atoms with Gasteiger partial charge in [0.1, 0.15) is 36.3 Å². The van der Waals surface area contributed by atoms with Crippen molar-refractivity contribution in [3.63, 3.8) is 0 Å². The van der Waals surface area contributed by atoms with Crippen molar-refractivity contribution >= 4 is 94.7 Å². The number of nitrogens with one attached hydrogen (secondary N) is 13. The highest BCUT2D eigenvalue weighted by atomic mass is 16.2. The Kier molecular flexibility index (Phi) is 47.9. The molecule has 0 saturated heterocycles. The third kappa shape index (κ3) is 40.9. The second-order valence-electron chi connectivity index (χ2n) is 31.7. The summed E-state index contributed by atoms with van der Waals surface area (Å²) < 4.78 is 0. The Hall–Kier alpha value is -13.9. The van der Waals surface area contributed by atoms with Crippen LogP contribution >= 0.6 is 0 Å². The van der Waals surface area contributed by atoms with Crippen LogP contribution < -0.4 is 93.4 Å². The number of hydrazine groups is 1. The molecule has 6 aromatic carbocycles. The van der Waals surface area contributed by atoms with E-state index in [0.717, 1.165) is 5.01 Å². The fourth-order valence-electron chi connectivity index (χ4n) is 14.4. The van der Waals surface area contributed by atoms with Gasteiger partial charge in [0.15, 0.2) is 17.9 Å². The average molecular weight is 1810 g/mol. The number of carbonyl (C=O) groups is 13. The molecule has 6 aromatic rings.